The fourth-order valence-electron chi connectivity index (χ4n) is 9.80. The van der Waals surface area contributed by atoms with Gasteiger partial charge in [0.1, 0.15) is 17.0 Å². The van der Waals surface area contributed by atoms with Crippen LogP contribution in [0, 0.1) is 28.6 Å². The third-order valence-electron chi connectivity index (χ3n) is 12.5. The number of benzene rings is 1. The summed E-state index contributed by atoms with van der Waals surface area (Å²) in [5.41, 5.74) is 0.293. The summed E-state index contributed by atoms with van der Waals surface area (Å²) in [6, 6.07) is 5.20. The number of esters is 1. The molecule has 6 atom stereocenters. The molecule has 3 fully saturated rings. The van der Waals surface area contributed by atoms with Crippen molar-refractivity contribution in [1.82, 2.24) is 10.3 Å². The molecule has 0 spiro atoms. The van der Waals surface area contributed by atoms with Gasteiger partial charge < -0.3 is 30.0 Å². The number of nitrogens with one attached hydrogen (secondary N) is 2. The highest BCUT2D eigenvalue weighted by Crippen LogP contribution is 2.67. The number of ketones is 2. The van der Waals surface area contributed by atoms with Crippen molar-refractivity contribution < 1.29 is 43.7 Å². The van der Waals surface area contributed by atoms with E-state index >= 15 is 0 Å². The quantitative estimate of drug-likeness (QED) is 0.249. The number of hydrogen-bond acceptors (Lipinski definition) is 8. The summed E-state index contributed by atoms with van der Waals surface area (Å²) < 4.78 is 10.5. The van der Waals surface area contributed by atoms with Gasteiger partial charge in [0.15, 0.2) is 12.4 Å². The highest BCUT2D eigenvalue weighted by molar-refractivity contribution is 5.98. The van der Waals surface area contributed by atoms with Gasteiger partial charge in [-0.1, -0.05) is 19.4 Å². The summed E-state index contributed by atoms with van der Waals surface area (Å²) in [6.07, 6.45) is 7.67. The summed E-state index contributed by atoms with van der Waals surface area (Å²) in [5, 5.41) is 24.9. The first-order chi connectivity index (χ1) is 22.8. The maximum Gasteiger partial charge on any atom is 0.352 e. The van der Waals surface area contributed by atoms with Gasteiger partial charge in [-0.05, 0) is 104 Å². The minimum absolute atomic E-state index is 0.00331. The van der Waals surface area contributed by atoms with Crippen LogP contribution in [-0.2, 0) is 30.3 Å². The largest absolute Gasteiger partial charge is 0.497 e. The van der Waals surface area contributed by atoms with Crippen molar-refractivity contribution in [3.63, 3.8) is 0 Å². The van der Waals surface area contributed by atoms with E-state index in [1.54, 1.807) is 18.2 Å². The lowest BCUT2D eigenvalue weighted by Crippen LogP contribution is -2.58. The predicted octanol–water partition coefficient (Wildman–Crippen LogP) is 4.69. The van der Waals surface area contributed by atoms with Crippen molar-refractivity contribution in [2.24, 2.45) is 28.6 Å². The van der Waals surface area contributed by atoms with E-state index in [1.165, 1.54) is 12.7 Å². The van der Waals surface area contributed by atoms with Crippen molar-refractivity contribution >= 4 is 40.3 Å². The molecule has 1 amide bonds. The van der Waals surface area contributed by atoms with Crippen LogP contribution in [0.15, 0.2) is 29.8 Å². The Bertz CT molecular complexity index is 1690. The van der Waals surface area contributed by atoms with Gasteiger partial charge in [0, 0.05) is 35.7 Å². The molecule has 4 aliphatic rings. The molecule has 0 bridgehead atoms. The lowest BCUT2D eigenvalue weighted by atomic mass is 9.46. The first kappa shape index (κ1) is 33.9. The Labute approximate surface area is 279 Å². The Morgan fingerprint density at radius 3 is 2.54 bits per heavy atom. The van der Waals surface area contributed by atoms with Crippen molar-refractivity contribution in [1.29, 1.82) is 0 Å². The Balaban J connectivity index is 0.990. The number of aliphatic hydroxyl groups is 1. The number of carbonyl (C=O) groups excluding carboxylic acids is 4. The number of ether oxygens (including phenoxy) is 2. The van der Waals surface area contributed by atoms with Gasteiger partial charge in [-0.25, -0.2) is 4.79 Å². The molecule has 11 nitrogen and oxygen atoms in total. The molecule has 1 aromatic carbocycles. The number of fused-ring (bicyclic) bond motifs is 6. The zero-order valence-corrected chi connectivity index (χ0v) is 28.0. The number of hydrogen-bond donors (Lipinski definition) is 4. The number of rotatable bonds is 11. The van der Waals surface area contributed by atoms with Crippen LogP contribution in [0.25, 0.3) is 10.9 Å². The third kappa shape index (κ3) is 5.73. The highest BCUT2D eigenvalue weighted by Gasteiger charge is 2.66. The van der Waals surface area contributed by atoms with Crippen molar-refractivity contribution in [3.8, 4) is 5.75 Å². The molecule has 11 heteroatoms. The summed E-state index contributed by atoms with van der Waals surface area (Å²) in [4.78, 5) is 65.4. The van der Waals surface area contributed by atoms with Crippen LogP contribution in [-0.4, -0.2) is 70.5 Å². The minimum atomic E-state index is -1.58. The third-order valence-corrected chi connectivity index (χ3v) is 12.5. The zero-order valence-electron chi connectivity index (χ0n) is 28.0. The van der Waals surface area contributed by atoms with Crippen molar-refractivity contribution in [3.05, 3.63) is 41.1 Å². The number of aromatic amines is 1. The first-order valence-electron chi connectivity index (χ1n) is 17.1. The van der Waals surface area contributed by atoms with E-state index in [2.05, 4.69) is 17.2 Å². The number of carboxylic acids is 1. The molecule has 6 unspecified atom stereocenters. The molecule has 0 aliphatic heterocycles. The second-order valence-corrected chi connectivity index (χ2v) is 14.7. The molecule has 4 aliphatic carbocycles. The molecule has 6 rings (SSSR count). The number of methoxy groups -OCH3 is 1. The monoisotopic (exact) mass is 662 g/mol. The molecular weight excluding hydrogens is 616 g/mol. The van der Waals surface area contributed by atoms with E-state index in [9.17, 15) is 34.2 Å². The molecule has 4 N–H and O–H groups in total. The zero-order chi connectivity index (χ0) is 34.4. The van der Waals surface area contributed by atoms with Crippen LogP contribution in [0.5, 0.6) is 5.75 Å². The van der Waals surface area contributed by atoms with Crippen LogP contribution < -0.4 is 10.1 Å². The number of carbonyl (C=O) groups is 5. The fourth-order valence-corrected chi connectivity index (χ4v) is 9.80. The van der Waals surface area contributed by atoms with E-state index in [1.807, 2.05) is 13.0 Å². The number of aromatic nitrogens is 1. The number of carboxylic acid groups (broad SMARTS) is 1. The van der Waals surface area contributed by atoms with Crippen LogP contribution >= 0.6 is 0 Å². The van der Waals surface area contributed by atoms with E-state index in [-0.39, 0.29) is 48.6 Å². The van der Waals surface area contributed by atoms with Gasteiger partial charge in [0.25, 0.3) is 0 Å². The molecule has 0 saturated heterocycles. The molecule has 0 radical (unpaired) electrons. The molecule has 1 heterocycles. The summed E-state index contributed by atoms with van der Waals surface area (Å²) in [6.45, 7) is 3.94. The van der Waals surface area contributed by atoms with E-state index < -0.39 is 41.3 Å². The molecule has 48 heavy (non-hydrogen) atoms. The van der Waals surface area contributed by atoms with Crippen molar-refractivity contribution in [2.75, 3.05) is 20.3 Å². The second kappa shape index (κ2) is 12.8. The fraction of sp³-hybridized carbons (Fsp3) is 0.595. The predicted molar refractivity (Wildman–Crippen MR) is 175 cm³/mol. The normalized spacial score (nSPS) is 30.9. The van der Waals surface area contributed by atoms with Crippen molar-refractivity contribution in [2.45, 2.75) is 90.1 Å². The Hall–Kier alpha value is -3.99. The van der Waals surface area contributed by atoms with Gasteiger partial charge in [-0.15, -0.1) is 0 Å². The van der Waals surface area contributed by atoms with Gasteiger partial charge in [-0.2, -0.15) is 0 Å². The maximum absolute atomic E-state index is 13.5. The Morgan fingerprint density at radius 2 is 1.79 bits per heavy atom. The standard InChI is InChI=1S/C37H46N2O9/c1-35-14-10-22(40)18-21(35)4-6-25-27(35)11-15-36(2)28(25)12-16-37(36,46)30(41)20-48-32(43)9-8-31(42)38-17-13-24-26-19-23(47-3)5-7-29(26)39-33(24)34(44)45/h5,7,18-19,25,27-28,39,46H,4,6,8-17,20H2,1-3H3,(H,38,42)(H,44,45). The first-order valence-corrected chi connectivity index (χ1v) is 17.1. The maximum atomic E-state index is 13.5. The SMILES string of the molecule is COc1ccc2[nH]c(C(=O)O)c(CCNC(=O)CCC(=O)OCC(=O)C3(O)CCC4C5CCC6=CC(=O)CCC6(C)C5CCC43C)c2c1. The summed E-state index contributed by atoms with van der Waals surface area (Å²) in [7, 11) is 1.52. The molecular formula is C37H46N2O9. The lowest BCUT2D eigenvalue weighted by Gasteiger charge is -2.58. The second-order valence-electron chi connectivity index (χ2n) is 14.7. The smallest absolute Gasteiger partial charge is 0.352 e. The Kier molecular flexibility index (Phi) is 9.04. The van der Waals surface area contributed by atoms with E-state index in [0.717, 1.165) is 32.1 Å². The van der Waals surface area contributed by atoms with Crippen LogP contribution in [0.3, 0.4) is 0 Å². The van der Waals surface area contributed by atoms with Crippen LogP contribution in [0.4, 0.5) is 0 Å². The van der Waals surface area contributed by atoms with E-state index in [0.29, 0.717) is 53.3 Å². The molecule has 258 valence electrons. The number of H-pyrrole nitrogens is 1. The lowest BCUT2D eigenvalue weighted by molar-refractivity contribution is -0.170. The summed E-state index contributed by atoms with van der Waals surface area (Å²) in [5.74, 6) is -0.929. The minimum Gasteiger partial charge on any atom is -0.497 e. The van der Waals surface area contributed by atoms with Gasteiger partial charge in [0.2, 0.25) is 11.7 Å². The van der Waals surface area contributed by atoms with Gasteiger partial charge in [0.05, 0.1) is 13.5 Å². The molecule has 3 saturated carbocycles. The number of Topliss-reactive ketones (excluding diaryl/α,β-unsaturated/α-hetero) is 1. The molecule has 2 aromatic rings. The number of allylic oxidation sites excluding steroid dienone is 1. The molecule has 1 aromatic heterocycles. The average molecular weight is 663 g/mol. The topological polar surface area (TPSA) is 172 Å². The van der Waals surface area contributed by atoms with E-state index in [4.69, 9.17) is 9.47 Å². The summed E-state index contributed by atoms with van der Waals surface area (Å²) >= 11 is 0. The average Bonchev–Trinajstić information content (AvgIpc) is 3.57. The Morgan fingerprint density at radius 1 is 1.02 bits per heavy atom. The van der Waals surface area contributed by atoms with Gasteiger partial charge in [-0.3, -0.25) is 19.2 Å². The van der Waals surface area contributed by atoms with Gasteiger partial charge >= 0.3 is 11.9 Å². The number of aromatic carboxylic acids is 1. The van der Waals surface area contributed by atoms with Crippen LogP contribution in [0.1, 0.15) is 94.1 Å². The number of amides is 1. The highest BCUT2D eigenvalue weighted by atomic mass is 16.5. The van der Waals surface area contributed by atoms with Crippen LogP contribution in [0.2, 0.25) is 0 Å².